The molecule has 3 aromatic rings. The van der Waals surface area contributed by atoms with Crippen molar-refractivity contribution in [2.45, 2.75) is 38.7 Å². The van der Waals surface area contributed by atoms with Gasteiger partial charge in [0.25, 0.3) is 0 Å². The molecule has 0 unspecified atom stereocenters. The second-order valence-corrected chi connectivity index (χ2v) is 12.7. The summed E-state index contributed by atoms with van der Waals surface area (Å²) in [5, 5.41) is 8.81. The topological polar surface area (TPSA) is 30.7 Å². The van der Waals surface area contributed by atoms with E-state index in [-0.39, 0.29) is 6.04 Å². The standard InChI is InChI=1S/C18H23N3Si/c1-14-9-11-15(12-10-14)18(13-22(2,3)4)21-17-8-6-5-7-16(17)19-20-21/h5-12,18H,13H2,1-4H3/t18-/m1/s1. The van der Waals surface area contributed by atoms with Crippen LogP contribution in [0.15, 0.2) is 48.5 Å². The second-order valence-electron chi connectivity index (χ2n) is 7.21. The van der Waals surface area contributed by atoms with Crippen LogP contribution in [0.2, 0.25) is 25.7 Å². The molecule has 3 nitrogen and oxygen atoms in total. The Morgan fingerprint density at radius 2 is 1.68 bits per heavy atom. The average Bonchev–Trinajstić information content (AvgIpc) is 2.89. The summed E-state index contributed by atoms with van der Waals surface area (Å²) in [6.07, 6.45) is 0. The molecule has 0 aliphatic carbocycles. The molecular weight excluding hydrogens is 286 g/mol. The molecule has 4 heteroatoms. The molecule has 0 fully saturated rings. The number of benzene rings is 2. The molecule has 2 aromatic carbocycles. The van der Waals surface area contributed by atoms with Gasteiger partial charge in [-0.05, 0) is 30.7 Å². The van der Waals surface area contributed by atoms with Crippen LogP contribution >= 0.6 is 0 Å². The number of rotatable bonds is 4. The quantitative estimate of drug-likeness (QED) is 0.656. The Morgan fingerprint density at radius 3 is 2.36 bits per heavy atom. The van der Waals surface area contributed by atoms with Gasteiger partial charge in [0.15, 0.2) is 0 Å². The van der Waals surface area contributed by atoms with Crippen LogP contribution in [0.25, 0.3) is 11.0 Å². The van der Waals surface area contributed by atoms with Gasteiger partial charge < -0.3 is 0 Å². The van der Waals surface area contributed by atoms with E-state index < -0.39 is 8.07 Å². The number of hydrogen-bond donors (Lipinski definition) is 0. The first kappa shape index (κ1) is 15.0. The predicted molar refractivity (Wildman–Crippen MR) is 95.0 cm³/mol. The van der Waals surface area contributed by atoms with Crippen molar-refractivity contribution >= 4 is 19.1 Å². The van der Waals surface area contributed by atoms with E-state index in [9.17, 15) is 0 Å². The maximum Gasteiger partial charge on any atom is 0.113 e. The highest BCUT2D eigenvalue weighted by atomic mass is 28.3. The van der Waals surface area contributed by atoms with Crippen LogP contribution in [-0.2, 0) is 0 Å². The summed E-state index contributed by atoms with van der Waals surface area (Å²) >= 11 is 0. The lowest BCUT2D eigenvalue weighted by molar-refractivity contribution is 0.554. The number of fused-ring (bicyclic) bond motifs is 1. The monoisotopic (exact) mass is 309 g/mol. The van der Waals surface area contributed by atoms with Gasteiger partial charge in [0.2, 0.25) is 0 Å². The minimum Gasteiger partial charge on any atom is -0.237 e. The van der Waals surface area contributed by atoms with Crippen molar-refractivity contribution < 1.29 is 0 Å². The molecule has 0 saturated carbocycles. The lowest BCUT2D eigenvalue weighted by Gasteiger charge is -2.25. The van der Waals surface area contributed by atoms with E-state index in [1.807, 2.05) is 12.1 Å². The number of nitrogens with zero attached hydrogens (tertiary/aromatic N) is 3. The first-order chi connectivity index (χ1) is 10.4. The minimum absolute atomic E-state index is 0.264. The lowest BCUT2D eigenvalue weighted by atomic mass is 10.1. The van der Waals surface area contributed by atoms with Crippen LogP contribution in [0.4, 0.5) is 0 Å². The van der Waals surface area contributed by atoms with Gasteiger partial charge >= 0.3 is 0 Å². The summed E-state index contributed by atoms with van der Waals surface area (Å²) in [5.74, 6) is 0. The number of aryl methyl sites for hydroxylation is 1. The molecule has 114 valence electrons. The Labute approximate surface area is 133 Å². The number of hydrogen-bond acceptors (Lipinski definition) is 2. The van der Waals surface area contributed by atoms with Crippen LogP contribution < -0.4 is 0 Å². The molecule has 0 saturated heterocycles. The molecular formula is C18H23N3Si. The third-order valence-corrected chi connectivity index (χ3v) is 5.55. The molecule has 22 heavy (non-hydrogen) atoms. The summed E-state index contributed by atoms with van der Waals surface area (Å²) in [6, 6.07) is 18.5. The van der Waals surface area contributed by atoms with Crippen LogP contribution in [0, 0.1) is 6.92 Å². The van der Waals surface area contributed by atoms with E-state index in [0.717, 1.165) is 17.1 Å². The third kappa shape index (κ3) is 3.12. The molecule has 0 N–H and O–H groups in total. The molecule has 0 aliphatic rings. The summed E-state index contributed by atoms with van der Waals surface area (Å²) in [5.41, 5.74) is 4.70. The first-order valence-electron chi connectivity index (χ1n) is 7.80. The fourth-order valence-corrected chi connectivity index (χ4v) is 4.40. The zero-order chi connectivity index (χ0) is 15.7. The Morgan fingerprint density at radius 1 is 1.00 bits per heavy atom. The molecule has 0 aliphatic heterocycles. The van der Waals surface area contributed by atoms with Gasteiger partial charge in [-0.2, -0.15) is 0 Å². The second kappa shape index (κ2) is 5.69. The fourth-order valence-electron chi connectivity index (χ4n) is 2.83. The lowest BCUT2D eigenvalue weighted by Crippen LogP contribution is -2.27. The van der Waals surface area contributed by atoms with Gasteiger partial charge in [-0.1, -0.05) is 66.8 Å². The molecule has 0 amide bonds. The summed E-state index contributed by atoms with van der Waals surface area (Å²) < 4.78 is 2.11. The Bertz CT molecular complexity index is 769. The van der Waals surface area contributed by atoms with E-state index in [0.29, 0.717) is 0 Å². The van der Waals surface area contributed by atoms with E-state index in [4.69, 9.17) is 0 Å². The van der Waals surface area contributed by atoms with Crippen molar-refractivity contribution in [1.29, 1.82) is 0 Å². The highest BCUT2D eigenvalue weighted by Gasteiger charge is 2.25. The van der Waals surface area contributed by atoms with Gasteiger partial charge in [-0.25, -0.2) is 4.68 Å². The Hall–Kier alpha value is -1.94. The van der Waals surface area contributed by atoms with Crippen molar-refractivity contribution in [1.82, 2.24) is 15.0 Å². The Balaban J connectivity index is 2.10. The summed E-state index contributed by atoms with van der Waals surface area (Å²) in [4.78, 5) is 0. The van der Waals surface area contributed by atoms with Gasteiger partial charge in [0.05, 0.1) is 11.6 Å². The van der Waals surface area contributed by atoms with Crippen molar-refractivity contribution in [3.8, 4) is 0 Å². The van der Waals surface area contributed by atoms with E-state index in [1.54, 1.807) is 0 Å². The van der Waals surface area contributed by atoms with Crippen molar-refractivity contribution in [3.63, 3.8) is 0 Å². The molecule has 1 heterocycles. The molecule has 3 rings (SSSR count). The SMILES string of the molecule is Cc1ccc([C@@H](C[Si](C)(C)C)n2nnc3ccccc32)cc1. The normalized spacial score (nSPS) is 13.5. The van der Waals surface area contributed by atoms with Gasteiger partial charge in [-0.3, -0.25) is 0 Å². The Kier molecular flexibility index (Phi) is 3.87. The molecule has 1 aromatic heterocycles. The average molecular weight is 309 g/mol. The molecule has 0 bridgehead atoms. The smallest absolute Gasteiger partial charge is 0.113 e. The zero-order valence-electron chi connectivity index (χ0n) is 13.7. The largest absolute Gasteiger partial charge is 0.237 e. The number of aromatic nitrogens is 3. The fraction of sp³-hybridized carbons (Fsp3) is 0.333. The molecule has 1 atom stereocenters. The molecule has 0 radical (unpaired) electrons. The predicted octanol–water partition coefficient (Wildman–Crippen LogP) is 4.67. The van der Waals surface area contributed by atoms with Crippen LogP contribution in [0.1, 0.15) is 17.2 Å². The zero-order valence-corrected chi connectivity index (χ0v) is 14.7. The van der Waals surface area contributed by atoms with E-state index >= 15 is 0 Å². The molecule has 0 spiro atoms. The summed E-state index contributed by atoms with van der Waals surface area (Å²) in [6.45, 7) is 9.36. The van der Waals surface area contributed by atoms with E-state index in [2.05, 4.69) is 78.0 Å². The van der Waals surface area contributed by atoms with Gasteiger partial charge in [0, 0.05) is 8.07 Å². The highest BCUT2D eigenvalue weighted by Crippen LogP contribution is 2.30. The maximum atomic E-state index is 4.47. The van der Waals surface area contributed by atoms with Crippen LogP contribution in [0.3, 0.4) is 0 Å². The maximum absolute atomic E-state index is 4.47. The van der Waals surface area contributed by atoms with Gasteiger partial charge in [0.1, 0.15) is 5.52 Å². The van der Waals surface area contributed by atoms with Crippen molar-refractivity contribution in [3.05, 3.63) is 59.7 Å². The third-order valence-electron chi connectivity index (χ3n) is 3.94. The van der Waals surface area contributed by atoms with Crippen molar-refractivity contribution in [2.75, 3.05) is 0 Å². The van der Waals surface area contributed by atoms with E-state index in [1.165, 1.54) is 11.1 Å². The van der Waals surface area contributed by atoms with Crippen LogP contribution in [0.5, 0.6) is 0 Å². The van der Waals surface area contributed by atoms with Crippen LogP contribution in [-0.4, -0.2) is 23.1 Å². The van der Waals surface area contributed by atoms with Crippen molar-refractivity contribution in [2.24, 2.45) is 0 Å². The van der Waals surface area contributed by atoms with Gasteiger partial charge in [-0.15, -0.1) is 5.10 Å². The first-order valence-corrected chi connectivity index (χ1v) is 11.5. The number of para-hydroxylation sites is 1. The summed E-state index contributed by atoms with van der Waals surface area (Å²) in [7, 11) is -1.25. The highest BCUT2D eigenvalue weighted by molar-refractivity contribution is 6.76. The minimum atomic E-state index is -1.25.